The molecule has 3 heterocycles. The van der Waals surface area contributed by atoms with Gasteiger partial charge in [-0.25, -0.2) is 0 Å². The van der Waals surface area contributed by atoms with Crippen LogP contribution in [0.25, 0.3) is 11.8 Å². The first-order chi connectivity index (χ1) is 14.3. The Morgan fingerprint density at radius 1 is 1.20 bits per heavy atom. The Bertz CT molecular complexity index is 1140. The molecule has 2 aromatic rings. The van der Waals surface area contributed by atoms with Gasteiger partial charge in [-0.15, -0.1) is 0 Å². The Kier molecular flexibility index (Phi) is 5.24. The third-order valence-corrected chi connectivity index (χ3v) is 6.48. The lowest BCUT2D eigenvalue weighted by atomic mass is 9.98. The van der Waals surface area contributed by atoms with Crippen LogP contribution in [0.3, 0.4) is 0 Å². The molecule has 154 valence electrons. The van der Waals surface area contributed by atoms with Crippen LogP contribution in [-0.4, -0.2) is 31.5 Å². The summed E-state index contributed by atoms with van der Waals surface area (Å²) in [5, 5.41) is 15.4. The van der Waals surface area contributed by atoms with E-state index >= 15 is 0 Å². The third-order valence-electron chi connectivity index (χ3n) is 5.66. The summed E-state index contributed by atoms with van der Waals surface area (Å²) in [6.45, 7) is 10.4. The van der Waals surface area contributed by atoms with Crippen molar-refractivity contribution in [1.29, 1.82) is 5.41 Å². The summed E-state index contributed by atoms with van der Waals surface area (Å²) < 4.78 is 2.17. The largest absolute Gasteiger partial charge is 0.318 e. The van der Waals surface area contributed by atoms with E-state index in [0.29, 0.717) is 11.1 Å². The molecule has 1 aromatic carbocycles. The molecule has 6 nitrogen and oxygen atoms in total. The van der Waals surface area contributed by atoms with Crippen molar-refractivity contribution in [2.24, 2.45) is 10.1 Å². The van der Waals surface area contributed by atoms with E-state index in [2.05, 4.69) is 52.8 Å². The average molecular weight is 420 g/mol. The highest BCUT2D eigenvalue weighted by molar-refractivity contribution is 8.26. The van der Waals surface area contributed by atoms with Crippen molar-refractivity contribution in [3.8, 4) is 5.69 Å². The molecule has 1 N–H and O–H groups in total. The summed E-state index contributed by atoms with van der Waals surface area (Å²) in [4.78, 5) is 16.7. The second-order valence-electron chi connectivity index (χ2n) is 7.70. The molecule has 0 aliphatic carbocycles. The van der Waals surface area contributed by atoms with Crippen LogP contribution in [0.1, 0.15) is 55.6 Å². The lowest BCUT2D eigenvalue weighted by molar-refractivity contribution is -0.114. The maximum atomic E-state index is 12.6. The number of aryl methyl sites for hydroxylation is 1. The molecule has 4 rings (SSSR count). The predicted octanol–water partition coefficient (Wildman–Crippen LogP) is 5.25. The number of fused-ring (bicyclic) bond motifs is 1. The molecule has 2 aliphatic heterocycles. The third kappa shape index (κ3) is 3.43. The van der Waals surface area contributed by atoms with Gasteiger partial charge in [-0.3, -0.25) is 10.2 Å². The van der Waals surface area contributed by atoms with Gasteiger partial charge in [0.25, 0.3) is 5.91 Å². The number of aromatic nitrogens is 1. The molecule has 0 saturated heterocycles. The zero-order valence-electron chi connectivity index (χ0n) is 17.9. The first kappa shape index (κ1) is 20.3. The summed E-state index contributed by atoms with van der Waals surface area (Å²) in [7, 11) is 0. The van der Waals surface area contributed by atoms with Crippen LogP contribution in [0.15, 0.2) is 46.0 Å². The van der Waals surface area contributed by atoms with Gasteiger partial charge in [-0.1, -0.05) is 26.0 Å². The van der Waals surface area contributed by atoms with E-state index in [9.17, 15) is 4.79 Å². The summed E-state index contributed by atoms with van der Waals surface area (Å²) in [5.74, 6) is 0.207. The predicted molar refractivity (Wildman–Crippen MR) is 125 cm³/mol. The highest BCUT2D eigenvalue weighted by Gasteiger charge is 2.34. The van der Waals surface area contributed by atoms with Gasteiger partial charge in [0.05, 0.1) is 10.6 Å². The molecule has 1 atom stereocenters. The van der Waals surface area contributed by atoms with Gasteiger partial charge in [0.1, 0.15) is 0 Å². The zero-order chi connectivity index (χ0) is 21.6. The van der Waals surface area contributed by atoms with Crippen LogP contribution in [0.5, 0.6) is 0 Å². The van der Waals surface area contributed by atoms with Crippen molar-refractivity contribution in [2.75, 3.05) is 0 Å². The molecule has 30 heavy (non-hydrogen) atoms. The Hall–Kier alpha value is -2.93. The number of amides is 1. The average Bonchev–Trinajstić information content (AvgIpc) is 3.23. The molecule has 7 heteroatoms. The number of hydrazone groups is 1. The molecule has 0 saturated carbocycles. The quantitative estimate of drug-likeness (QED) is 0.688. The molecule has 0 bridgehead atoms. The normalized spacial score (nSPS) is 18.6. The van der Waals surface area contributed by atoms with E-state index in [1.807, 2.05) is 26.8 Å². The van der Waals surface area contributed by atoms with Gasteiger partial charge in [-0.05, 0) is 80.3 Å². The highest BCUT2D eigenvalue weighted by atomic mass is 32.2. The van der Waals surface area contributed by atoms with E-state index in [4.69, 9.17) is 5.41 Å². The Labute approximate surface area is 180 Å². The number of nitrogens with zero attached hydrogens (tertiary/aromatic N) is 4. The van der Waals surface area contributed by atoms with E-state index in [1.165, 1.54) is 22.3 Å². The summed E-state index contributed by atoms with van der Waals surface area (Å²) in [5.41, 5.74) is 5.66. The molecular weight excluding hydrogens is 394 g/mol. The molecule has 2 aliphatic rings. The Morgan fingerprint density at radius 3 is 2.57 bits per heavy atom. The lowest BCUT2D eigenvalue weighted by Gasteiger charge is -2.20. The van der Waals surface area contributed by atoms with Crippen LogP contribution in [0, 0.1) is 19.3 Å². The van der Waals surface area contributed by atoms with Crippen LogP contribution >= 0.6 is 11.8 Å². The summed E-state index contributed by atoms with van der Waals surface area (Å²) in [6, 6.07) is 10.7. The zero-order valence-corrected chi connectivity index (χ0v) is 18.7. The first-order valence-electron chi connectivity index (χ1n) is 10.1. The smallest absolute Gasteiger partial charge is 0.283 e. The van der Waals surface area contributed by atoms with Gasteiger partial charge in [0.2, 0.25) is 5.17 Å². The fourth-order valence-corrected chi connectivity index (χ4v) is 4.50. The van der Waals surface area contributed by atoms with E-state index in [1.54, 1.807) is 6.08 Å². The number of thioether (sulfide) groups is 1. The number of hydrogen-bond acceptors (Lipinski definition) is 4. The number of hydrogen-bond donors (Lipinski definition) is 1. The van der Waals surface area contributed by atoms with Crippen molar-refractivity contribution in [1.82, 2.24) is 9.58 Å². The van der Waals surface area contributed by atoms with Gasteiger partial charge in [0, 0.05) is 17.1 Å². The molecule has 0 spiro atoms. The van der Waals surface area contributed by atoms with Crippen LogP contribution in [-0.2, 0) is 4.79 Å². The monoisotopic (exact) mass is 419 g/mol. The second-order valence-corrected chi connectivity index (χ2v) is 8.86. The number of rotatable bonds is 4. The van der Waals surface area contributed by atoms with Crippen molar-refractivity contribution in [2.45, 2.75) is 47.0 Å². The molecule has 1 amide bonds. The van der Waals surface area contributed by atoms with Crippen molar-refractivity contribution < 1.29 is 4.79 Å². The number of benzene rings is 1. The molecule has 0 fully saturated rings. The number of carbonyl (C=O) groups excluding carboxylic acids is 1. The van der Waals surface area contributed by atoms with Gasteiger partial charge in [-0.2, -0.15) is 15.1 Å². The maximum Gasteiger partial charge on any atom is 0.283 e. The van der Waals surface area contributed by atoms with Gasteiger partial charge in [0.15, 0.2) is 5.84 Å². The summed E-state index contributed by atoms with van der Waals surface area (Å²) in [6.07, 6.45) is 2.87. The number of nitrogens with one attached hydrogen (secondary N) is 1. The van der Waals surface area contributed by atoms with Crippen LogP contribution in [0.4, 0.5) is 0 Å². The first-order valence-corrected chi connectivity index (χ1v) is 10.9. The van der Waals surface area contributed by atoms with Crippen LogP contribution < -0.4 is 0 Å². The van der Waals surface area contributed by atoms with Gasteiger partial charge >= 0.3 is 0 Å². The molecular formula is C23H25N5OS. The molecule has 0 radical (unpaired) electrons. The van der Waals surface area contributed by atoms with E-state index in [0.717, 1.165) is 34.1 Å². The van der Waals surface area contributed by atoms with E-state index in [-0.39, 0.29) is 11.4 Å². The SMILES string of the molecule is CCC(C)c1ccc(-n2c(C)cc(C=C3C(=N)N4N=C(C)SC4=NC3=O)c2C)cc1. The van der Waals surface area contributed by atoms with Crippen molar-refractivity contribution >= 4 is 39.8 Å². The summed E-state index contributed by atoms with van der Waals surface area (Å²) >= 11 is 1.31. The number of carbonyl (C=O) groups is 1. The molecule has 1 unspecified atom stereocenters. The highest BCUT2D eigenvalue weighted by Crippen LogP contribution is 2.30. The fourth-order valence-electron chi connectivity index (χ4n) is 3.76. The number of aliphatic imine (C=N–C) groups is 1. The maximum absolute atomic E-state index is 12.6. The number of amidine groups is 2. The minimum absolute atomic E-state index is 0.0667. The fraction of sp³-hybridized carbons (Fsp3) is 0.304. The minimum atomic E-state index is -0.397. The van der Waals surface area contributed by atoms with Crippen LogP contribution in [0.2, 0.25) is 0 Å². The minimum Gasteiger partial charge on any atom is -0.318 e. The Morgan fingerprint density at radius 2 is 1.90 bits per heavy atom. The van der Waals surface area contributed by atoms with Crippen molar-refractivity contribution in [3.05, 3.63) is 58.4 Å². The second kappa shape index (κ2) is 7.72. The Balaban J connectivity index is 1.71. The van der Waals surface area contributed by atoms with E-state index < -0.39 is 5.91 Å². The van der Waals surface area contributed by atoms with Crippen molar-refractivity contribution in [3.63, 3.8) is 0 Å². The van der Waals surface area contributed by atoms with Gasteiger partial charge < -0.3 is 4.57 Å². The lowest BCUT2D eigenvalue weighted by Crippen LogP contribution is -2.35. The molecule has 1 aromatic heterocycles. The topological polar surface area (TPSA) is 73.8 Å². The standard InChI is InChI=1S/C23H25N5OS/c1-6-13(2)17-7-9-19(10-8-17)27-14(3)11-18(15(27)4)12-20-21(24)28-23(25-22(20)29)30-16(5)26-28/h7-13,24H,6H2,1-5H3.